The molecule has 2 amide bonds. The Labute approximate surface area is 229 Å². The number of anilines is 1. The van der Waals surface area contributed by atoms with E-state index in [9.17, 15) is 18.0 Å². The van der Waals surface area contributed by atoms with Crippen molar-refractivity contribution in [3.05, 3.63) is 89.4 Å². The van der Waals surface area contributed by atoms with Gasteiger partial charge in [0.25, 0.3) is 10.0 Å². The number of amides is 2. The second-order valence-electron chi connectivity index (χ2n) is 8.58. The van der Waals surface area contributed by atoms with E-state index in [1.807, 2.05) is 6.92 Å². The van der Waals surface area contributed by atoms with Crippen LogP contribution in [0.5, 0.6) is 5.75 Å². The highest BCUT2D eigenvalue weighted by atomic mass is 35.5. The highest BCUT2D eigenvalue weighted by Gasteiger charge is 2.33. The average molecular weight is 558 g/mol. The molecule has 1 N–H and O–H groups in total. The van der Waals surface area contributed by atoms with Crippen LogP contribution in [0.2, 0.25) is 5.02 Å². The van der Waals surface area contributed by atoms with Crippen molar-refractivity contribution in [1.29, 1.82) is 0 Å². The number of hydrogen-bond acceptors (Lipinski definition) is 5. The van der Waals surface area contributed by atoms with E-state index in [1.165, 1.54) is 24.1 Å². The Kier molecular flexibility index (Phi) is 10.2. The fourth-order valence-corrected chi connectivity index (χ4v) is 5.50. The molecule has 0 aromatic heterocycles. The van der Waals surface area contributed by atoms with Gasteiger partial charge in [-0.3, -0.25) is 13.9 Å². The molecule has 3 rings (SSSR count). The second kappa shape index (κ2) is 13.3. The SMILES string of the molecule is CCCNC(=O)[C@H](C)N(Cc1ccccc1Cl)C(=O)CN(c1ccccc1OC)S(=O)(=O)c1ccccc1. The molecular weight excluding hydrogens is 526 g/mol. The van der Waals surface area contributed by atoms with Crippen molar-refractivity contribution in [1.82, 2.24) is 10.2 Å². The van der Waals surface area contributed by atoms with Gasteiger partial charge in [0.2, 0.25) is 11.8 Å². The van der Waals surface area contributed by atoms with Gasteiger partial charge in [0.05, 0.1) is 17.7 Å². The second-order valence-corrected chi connectivity index (χ2v) is 10.8. The van der Waals surface area contributed by atoms with E-state index < -0.39 is 28.5 Å². The van der Waals surface area contributed by atoms with Crippen LogP contribution in [0.3, 0.4) is 0 Å². The molecule has 0 radical (unpaired) electrons. The Balaban J connectivity index is 2.05. The Morgan fingerprint density at radius 1 is 0.974 bits per heavy atom. The van der Waals surface area contributed by atoms with Crippen LogP contribution in [-0.2, 0) is 26.2 Å². The van der Waals surface area contributed by atoms with E-state index in [4.69, 9.17) is 16.3 Å². The van der Waals surface area contributed by atoms with Crippen molar-refractivity contribution in [3.63, 3.8) is 0 Å². The summed E-state index contributed by atoms with van der Waals surface area (Å²) in [7, 11) is -2.75. The number of carbonyl (C=O) groups is 2. The van der Waals surface area contributed by atoms with Crippen LogP contribution < -0.4 is 14.4 Å². The van der Waals surface area contributed by atoms with Crippen LogP contribution >= 0.6 is 11.6 Å². The molecule has 3 aromatic carbocycles. The summed E-state index contributed by atoms with van der Waals surface area (Å²) in [6.07, 6.45) is 0.730. The van der Waals surface area contributed by atoms with Gasteiger partial charge in [0, 0.05) is 18.1 Å². The normalized spacial score (nSPS) is 11.9. The van der Waals surface area contributed by atoms with Crippen LogP contribution in [0.4, 0.5) is 5.69 Å². The van der Waals surface area contributed by atoms with Gasteiger partial charge in [0.1, 0.15) is 18.3 Å². The Bertz CT molecular complexity index is 1350. The van der Waals surface area contributed by atoms with E-state index in [2.05, 4.69) is 5.32 Å². The average Bonchev–Trinajstić information content (AvgIpc) is 2.94. The molecule has 0 heterocycles. The number of rotatable bonds is 12. The summed E-state index contributed by atoms with van der Waals surface area (Å²) in [5.41, 5.74) is 0.834. The molecular formula is C28H32ClN3O5S. The lowest BCUT2D eigenvalue weighted by molar-refractivity contribution is -0.139. The monoisotopic (exact) mass is 557 g/mol. The molecule has 10 heteroatoms. The molecule has 0 saturated heterocycles. The zero-order valence-electron chi connectivity index (χ0n) is 21.6. The lowest BCUT2D eigenvalue weighted by Crippen LogP contribution is -2.51. The summed E-state index contributed by atoms with van der Waals surface area (Å²) in [6, 6.07) is 20.5. The van der Waals surface area contributed by atoms with Crippen LogP contribution in [0.1, 0.15) is 25.8 Å². The molecule has 0 aliphatic rings. The van der Waals surface area contributed by atoms with Crippen molar-refractivity contribution in [2.75, 3.05) is 24.5 Å². The molecule has 8 nitrogen and oxygen atoms in total. The minimum absolute atomic E-state index is 0.0182. The molecule has 0 saturated carbocycles. The molecule has 0 bridgehead atoms. The largest absolute Gasteiger partial charge is 0.495 e. The molecule has 202 valence electrons. The standard InChI is InChI=1S/C28H32ClN3O5S/c1-4-18-30-28(34)21(2)31(19-22-12-8-9-15-24(22)29)27(33)20-32(25-16-10-11-17-26(25)37-3)38(35,36)23-13-6-5-7-14-23/h5-17,21H,4,18-20H2,1-3H3,(H,30,34)/t21-/m0/s1. The first-order chi connectivity index (χ1) is 18.2. The first-order valence-corrected chi connectivity index (χ1v) is 14.0. The van der Waals surface area contributed by atoms with Crippen LogP contribution in [-0.4, -0.2) is 51.4 Å². The van der Waals surface area contributed by atoms with Crippen LogP contribution in [0.15, 0.2) is 83.8 Å². The maximum absolute atomic E-state index is 13.9. The van der Waals surface area contributed by atoms with Crippen molar-refractivity contribution in [2.45, 2.75) is 37.8 Å². The zero-order chi connectivity index (χ0) is 27.7. The highest BCUT2D eigenvalue weighted by molar-refractivity contribution is 7.92. The van der Waals surface area contributed by atoms with E-state index in [-0.39, 0.29) is 28.8 Å². The van der Waals surface area contributed by atoms with Gasteiger partial charge in [-0.25, -0.2) is 8.42 Å². The summed E-state index contributed by atoms with van der Waals surface area (Å²) >= 11 is 6.37. The van der Waals surface area contributed by atoms with E-state index >= 15 is 0 Å². The first-order valence-electron chi connectivity index (χ1n) is 12.2. The predicted molar refractivity (Wildman–Crippen MR) is 149 cm³/mol. The predicted octanol–water partition coefficient (Wildman–Crippen LogP) is 4.49. The number of nitrogens with zero attached hydrogens (tertiary/aromatic N) is 2. The van der Waals surface area contributed by atoms with E-state index in [0.29, 0.717) is 17.1 Å². The number of nitrogens with one attached hydrogen (secondary N) is 1. The quantitative estimate of drug-likeness (QED) is 0.354. The molecule has 0 fully saturated rings. The van der Waals surface area contributed by atoms with Gasteiger partial charge in [-0.2, -0.15) is 0 Å². The van der Waals surface area contributed by atoms with Crippen LogP contribution in [0, 0.1) is 0 Å². The Morgan fingerprint density at radius 2 is 1.61 bits per heavy atom. The fraction of sp³-hybridized carbons (Fsp3) is 0.286. The summed E-state index contributed by atoms with van der Waals surface area (Å²) in [5, 5.41) is 3.24. The number of methoxy groups -OCH3 is 1. The summed E-state index contributed by atoms with van der Waals surface area (Å²) in [4.78, 5) is 28.2. The smallest absolute Gasteiger partial charge is 0.264 e. The van der Waals surface area contributed by atoms with Gasteiger partial charge in [-0.1, -0.05) is 67.1 Å². The lowest BCUT2D eigenvalue weighted by Gasteiger charge is -2.32. The van der Waals surface area contributed by atoms with Crippen molar-refractivity contribution >= 4 is 39.1 Å². The number of halogens is 1. The Hall–Kier alpha value is -3.56. The maximum Gasteiger partial charge on any atom is 0.264 e. The lowest BCUT2D eigenvalue weighted by atomic mass is 10.1. The van der Waals surface area contributed by atoms with Gasteiger partial charge in [-0.15, -0.1) is 0 Å². The van der Waals surface area contributed by atoms with Crippen molar-refractivity contribution in [2.24, 2.45) is 0 Å². The molecule has 0 spiro atoms. The molecule has 0 aliphatic carbocycles. The number of benzene rings is 3. The third-order valence-electron chi connectivity index (χ3n) is 5.98. The third-order valence-corrected chi connectivity index (χ3v) is 8.12. The minimum atomic E-state index is -4.18. The summed E-state index contributed by atoms with van der Waals surface area (Å²) in [5.74, 6) is -0.636. The number of sulfonamides is 1. The highest BCUT2D eigenvalue weighted by Crippen LogP contribution is 2.32. The maximum atomic E-state index is 13.9. The Morgan fingerprint density at radius 3 is 2.26 bits per heavy atom. The fourth-order valence-electron chi connectivity index (χ4n) is 3.86. The van der Waals surface area contributed by atoms with Gasteiger partial charge in [-0.05, 0) is 49.2 Å². The molecule has 0 aliphatic heterocycles. The van der Waals surface area contributed by atoms with E-state index in [0.717, 1.165) is 10.7 Å². The molecule has 3 aromatic rings. The van der Waals surface area contributed by atoms with Gasteiger partial charge < -0.3 is 15.0 Å². The number of ether oxygens (including phenoxy) is 1. The van der Waals surface area contributed by atoms with Crippen LogP contribution in [0.25, 0.3) is 0 Å². The summed E-state index contributed by atoms with van der Waals surface area (Å²) < 4.78 is 34.1. The van der Waals surface area contributed by atoms with Gasteiger partial charge >= 0.3 is 0 Å². The number of para-hydroxylation sites is 2. The van der Waals surface area contributed by atoms with Gasteiger partial charge in [0.15, 0.2) is 0 Å². The van der Waals surface area contributed by atoms with Crippen molar-refractivity contribution in [3.8, 4) is 5.75 Å². The number of hydrogen-bond donors (Lipinski definition) is 1. The summed E-state index contributed by atoms with van der Waals surface area (Å²) in [6.45, 7) is 3.45. The first kappa shape index (κ1) is 29.0. The molecule has 38 heavy (non-hydrogen) atoms. The van der Waals surface area contributed by atoms with Crippen molar-refractivity contribution < 1.29 is 22.7 Å². The molecule has 0 unspecified atom stereocenters. The minimum Gasteiger partial charge on any atom is -0.495 e. The number of carbonyl (C=O) groups excluding carboxylic acids is 2. The topological polar surface area (TPSA) is 96.0 Å². The zero-order valence-corrected chi connectivity index (χ0v) is 23.2. The van der Waals surface area contributed by atoms with E-state index in [1.54, 1.807) is 73.7 Å². The third kappa shape index (κ3) is 6.85. The molecule has 1 atom stereocenters.